The number of fused-ring (bicyclic) bond motifs is 1. The van der Waals surface area contributed by atoms with E-state index < -0.39 is 5.97 Å². The first kappa shape index (κ1) is 11.0. The van der Waals surface area contributed by atoms with E-state index in [1.54, 1.807) is 0 Å². The molecule has 2 aromatic rings. The molecule has 0 atom stereocenters. The number of aromatic carboxylic acids is 1. The minimum absolute atomic E-state index is 0.0639. The highest BCUT2D eigenvalue weighted by Crippen LogP contribution is 2.24. The molecule has 1 N–H and O–H groups in total. The van der Waals surface area contributed by atoms with Gasteiger partial charge < -0.3 is 9.63 Å². The number of aromatic nitrogens is 1. The fraction of sp³-hybridized carbons (Fsp3) is 0.231. The Bertz CT molecular complexity index is 566. The van der Waals surface area contributed by atoms with Gasteiger partial charge in [0, 0.05) is 25.2 Å². The molecule has 1 aliphatic rings. The maximum absolute atomic E-state index is 10.9. The fourth-order valence-corrected chi connectivity index (χ4v) is 2.31. The van der Waals surface area contributed by atoms with Crippen molar-refractivity contribution in [1.29, 1.82) is 0 Å². The Morgan fingerprint density at radius 2 is 2.00 bits per heavy atom. The normalized spacial score (nSPS) is 14.7. The summed E-state index contributed by atoms with van der Waals surface area (Å²) in [5.41, 5.74) is 3.21. The Kier molecular flexibility index (Phi) is 2.60. The second-order valence-electron chi connectivity index (χ2n) is 4.40. The van der Waals surface area contributed by atoms with E-state index in [2.05, 4.69) is 22.2 Å². The number of nitrogens with zero attached hydrogens (tertiary/aromatic N) is 2. The molecule has 1 aromatic carbocycles. The SMILES string of the molecule is O=C(O)c1oncc1CN1Cc2ccccc2C1. The van der Waals surface area contributed by atoms with Crippen LogP contribution < -0.4 is 0 Å². The van der Waals surface area contributed by atoms with Gasteiger partial charge in [-0.15, -0.1) is 0 Å². The minimum Gasteiger partial charge on any atom is -0.475 e. The van der Waals surface area contributed by atoms with Gasteiger partial charge in [-0.3, -0.25) is 4.90 Å². The van der Waals surface area contributed by atoms with Crippen LogP contribution in [0.2, 0.25) is 0 Å². The molecule has 5 nitrogen and oxygen atoms in total. The summed E-state index contributed by atoms with van der Waals surface area (Å²) in [7, 11) is 0. The summed E-state index contributed by atoms with van der Waals surface area (Å²) in [6.45, 7) is 2.21. The second kappa shape index (κ2) is 4.27. The van der Waals surface area contributed by atoms with Gasteiger partial charge in [-0.1, -0.05) is 29.4 Å². The van der Waals surface area contributed by atoms with E-state index in [-0.39, 0.29) is 5.76 Å². The van der Waals surface area contributed by atoms with E-state index in [1.807, 2.05) is 12.1 Å². The van der Waals surface area contributed by atoms with Gasteiger partial charge >= 0.3 is 5.97 Å². The Balaban J connectivity index is 1.76. The monoisotopic (exact) mass is 244 g/mol. The van der Waals surface area contributed by atoms with E-state index in [0.717, 1.165) is 13.1 Å². The summed E-state index contributed by atoms with van der Waals surface area (Å²) in [5.74, 6) is -1.13. The van der Waals surface area contributed by atoms with Crippen LogP contribution in [0.15, 0.2) is 35.0 Å². The molecule has 0 radical (unpaired) electrons. The lowest BCUT2D eigenvalue weighted by molar-refractivity contribution is 0.0648. The molecule has 0 amide bonds. The molecule has 1 aliphatic heterocycles. The number of carboxylic acids is 1. The molecule has 0 aliphatic carbocycles. The summed E-state index contributed by atoms with van der Waals surface area (Å²) in [5, 5.41) is 12.5. The number of hydrogen-bond donors (Lipinski definition) is 1. The van der Waals surface area contributed by atoms with Crippen molar-refractivity contribution >= 4 is 5.97 Å². The van der Waals surface area contributed by atoms with Crippen molar-refractivity contribution in [2.45, 2.75) is 19.6 Å². The van der Waals surface area contributed by atoms with Gasteiger partial charge in [0.05, 0.1) is 6.20 Å². The molecule has 0 saturated carbocycles. The minimum atomic E-state index is -1.07. The summed E-state index contributed by atoms with van der Waals surface area (Å²) >= 11 is 0. The summed E-state index contributed by atoms with van der Waals surface area (Å²) in [6.07, 6.45) is 1.48. The highest BCUT2D eigenvalue weighted by molar-refractivity contribution is 5.85. The molecule has 5 heteroatoms. The lowest BCUT2D eigenvalue weighted by atomic mass is 10.1. The molecule has 1 aromatic heterocycles. The maximum atomic E-state index is 10.9. The van der Waals surface area contributed by atoms with Gasteiger partial charge in [-0.2, -0.15) is 0 Å². The summed E-state index contributed by atoms with van der Waals surface area (Å²) < 4.78 is 4.74. The largest absolute Gasteiger partial charge is 0.475 e. The van der Waals surface area contributed by atoms with Crippen molar-refractivity contribution in [3.8, 4) is 0 Å². The van der Waals surface area contributed by atoms with Crippen molar-refractivity contribution < 1.29 is 14.4 Å². The quantitative estimate of drug-likeness (QED) is 0.893. The Labute approximate surface area is 104 Å². The van der Waals surface area contributed by atoms with E-state index in [9.17, 15) is 4.79 Å². The number of rotatable bonds is 3. The highest BCUT2D eigenvalue weighted by atomic mass is 16.5. The number of hydrogen-bond acceptors (Lipinski definition) is 4. The van der Waals surface area contributed by atoms with Crippen LogP contribution in [0.5, 0.6) is 0 Å². The zero-order chi connectivity index (χ0) is 12.5. The Morgan fingerprint density at radius 1 is 1.33 bits per heavy atom. The third kappa shape index (κ3) is 1.89. The van der Waals surface area contributed by atoms with Crippen LogP contribution in [-0.4, -0.2) is 21.1 Å². The molecule has 0 unspecified atom stereocenters. The van der Waals surface area contributed by atoms with Crippen LogP contribution in [0.1, 0.15) is 27.2 Å². The van der Waals surface area contributed by atoms with E-state index in [1.165, 1.54) is 17.3 Å². The summed E-state index contributed by atoms with van der Waals surface area (Å²) in [4.78, 5) is 13.1. The van der Waals surface area contributed by atoms with Crippen LogP contribution >= 0.6 is 0 Å². The third-order valence-electron chi connectivity index (χ3n) is 3.14. The topological polar surface area (TPSA) is 66.6 Å². The van der Waals surface area contributed by atoms with Crippen LogP contribution in [0.25, 0.3) is 0 Å². The zero-order valence-electron chi connectivity index (χ0n) is 9.67. The number of carboxylic acid groups (broad SMARTS) is 1. The third-order valence-corrected chi connectivity index (χ3v) is 3.14. The highest BCUT2D eigenvalue weighted by Gasteiger charge is 2.22. The van der Waals surface area contributed by atoms with Crippen LogP contribution in [-0.2, 0) is 19.6 Å². The van der Waals surface area contributed by atoms with E-state index in [4.69, 9.17) is 9.63 Å². The average molecular weight is 244 g/mol. The van der Waals surface area contributed by atoms with Crippen molar-refractivity contribution in [3.05, 3.63) is 52.9 Å². The molecule has 0 bridgehead atoms. The molecule has 18 heavy (non-hydrogen) atoms. The van der Waals surface area contributed by atoms with Crippen LogP contribution in [0.3, 0.4) is 0 Å². The predicted octanol–water partition coefficient (Wildman–Crippen LogP) is 1.89. The van der Waals surface area contributed by atoms with Gasteiger partial charge in [0.15, 0.2) is 0 Å². The Hall–Kier alpha value is -2.14. The molecule has 3 rings (SSSR count). The van der Waals surface area contributed by atoms with Crippen molar-refractivity contribution in [2.24, 2.45) is 0 Å². The lowest BCUT2D eigenvalue weighted by Gasteiger charge is -2.13. The van der Waals surface area contributed by atoms with Crippen molar-refractivity contribution in [1.82, 2.24) is 10.1 Å². The van der Waals surface area contributed by atoms with Crippen molar-refractivity contribution in [3.63, 3.8) is 0 Å². The number of benzene rings is 1. The second-order valence-corrected chi connectivity index (χ2v) is 4.40. The van der Waals surface area contributed by atoms with Gasteiger partial charge in [0.25, 0.3) is 0 Å². The van der Waals surface area contributed by atoms with Gasteiger partial charge in [0.1, 0.15) is 0 Å². The lowest BCUT2D eigenvalue weighted by Crippen LogP contribution is -2.16. The fourth-order valence-electron chi connectivity index (χ4n) is 2.31. The van der Waals surface area contributed by atoms with Crippen LogP contribution in [0.4, 0.5) is 0 Å². The van der Waals surface area contributed by atoms with Gasteiger partial charge in [-0.25, -0.2) is 4.79 Å². The van der Waals surface area contributed by atoms with Gasteiger partial charge in [-0.05, 0) is 11.1 Å². The molecule has 0 spiro atoms. The smallest absolute Gasteiger partial charge is 0.375 e. The molecule has 92 valence electrons. The summed E-state index contributed by atoms with van der Waals surface area (Å²) in [6, 6.07) is 8.23. The average Bonchev–Trinajstić information content (AvgIpc) is 2.94. The molecular formula is C13H12N2O3. The number of carbonyl (C=O) groups is 1. The Morgan fingerprint density at radius 3 is 2.61 bits per heavy atom. The van der Waals surface area contributed by atoms with E-state index >= 15 is 0 Å². The standard InChI is InChI=1S/C13H12N2O3/c16-13(17)12-11(5-14-18-12)8-15-6-9-3-1-2-4-10(9)7-15/h1-5H,6-8H2,(H,16,17). The zero-order valence-corrected chi connectivity index (χ0v) is 9.67. The van der Waals surface area contributed by atoms with E-state index in [0.29, 0.717) is 12.1 Å². The van der Waals surface area contributed by atoms with Crippen molar-refractivity contribution in [2.75, 3.05) is 0 Å². The molecular weight excluding hydrogens is 232 g/mol. The molecule has 2 heterocycles. The molecule has 0 saturated heterocycles. The van der Waals surface area contributed by atoms with Crippen LogP contribution in [0, 0.1) is 0 Å². The first-order valence-corrected chi connectivity index (χ1v) is 5.70. The first-order chi connectivity index (χ1) is 8.74. The van der Waals surface area contributed by atoms with Gasteiger partial charge in [0.2, 0.25) is 5.76 Å². The molecule has 0 fully saturated rings. The first-order valence-electron chi connectivity index (χ1n) is 5.70. The predicted molar refractivity (Wildman–Crippen MR) is 62.9 cm³/mol. The maximum Gasteiger partial charge on any atom is 0.375 e.